The molecule has 1 amide bonds. The van der Waals surface area contributed by atoms with Crippen molar-refractivity contribution < 1.29 is 19.1 Å². The Bertz CT molecular complexity index is 745. The molecule has 0 N–H and O–H groups in total. The minimum atomic E-state index is -0.423. The zero-order valence-electron chi connectivity index (χ0n) is 12.4. The number of nitrogens with zero attached hydrogens (tertiary/aromatic N) is 1. The Hall–Kier alpha value is -2.53. The number of aldehydes is 1. The van der Waals surface area contributed by atoms with E-state index in [9.17, 15) is 9.59 Å². The van der Waals surface area contributed by atoms with E-state index in [0.29, 0.717) is 22.9 Å². The van der Waals surface area contributed by atoms with Crippen molar-refractivity contribution in [2.45, 2.75) is 6.10 Å². The number of halogens is 1. The Morgan fingerprint density at radius 1 is 1.26 bits per heavy atom. The number of methoxy groups -OCH3 is 1. The molecule has 6 heteroatoms. The number of rotatable bonds is 4. The molecule has 5 nitrogen and oxygen atoms in total. The molecule has 1 fully saturated rings. The topological polar surface area (TPSA) is 55.8 Å². The summed E-state index contributed by atoms with van der Waals surface area (Å²) in [7, 11) is 1.49. The lowest BCUT2D eigenvalue weighted by molar-refractivity contribution is 0.111. The van der Waals surface area contributed by atoms with E-state index < -0.39 is 12.2 Å². The lowest BCUT2D eigenvalue weighted by Crippen LogP contribution is -2.23. The van der Waals surface area contributed by atoms with Crippen LogP contribution in [-0.2, 0) is 4.74 Å². The quantitative estimate of drug-likeness (QED) is 0.798. The largest absolute Gasteiger partial charge is 0.496 e. The highest BCUT2D eigenvalue weighted by Gasteiger charge is 2.33. The zero-order valence-corrected chi connectivity index (χ0v) is 13.1. The zero-order chi connectivity index (χ0) is 16.4. The third-order valence-corrected chi connectivity index (χ3v) is 3.96. The van der Waals surface area contributed by atoms with Crippen LogP contribution in [0.2, 0.25) is 5.02 Å². The molecule has 118 valence electrons. The molecule has 0 spiro atoms. The van der Waals surface area contributed by atoms with Gasteiger partial charge in [-0.15, -0.1) is 0 Å². The Kier molecular flexibility index (Phi) is 4.21. The fourth-order valence-electron chi connectivity index (χ4n) is 2.49. The van der Waals surface area contributed by atoms with Gasteiger partial charge in [0.2, 0.25) is 0 Å². The van der Waals surface area contributed by atoms with E-state index in [-0.39, 0.29) is 0 Å². The molecular weight excluding hydrogens is 318 g/mol. The molecule has 0 radical (unpaired) electrons. The van der Waals surface area contributed by atoms with Gasteiger partial charge in [-0.1, -0.05) is 17.7 Å². The van der Waals surface area contributed by atoms with Gasteiger partial charge in [0.25, 0.3) is 0 Å². The minimum absolute atomic E-state index is 0.379. The van der Waals surface area contributed by atoms with Crippen molar-refractivity contribution in [1.82, 2.24) is 0 Å². The number of benzene rings is 2. The average Bonchev–Trinajstić information content (AvgIpc) is 2.96. The highest BCUT2D eigenvalue weighted by atomic mass is 35.5. The molecule has 0 saturated carbocycles. The first-order valence-corrected chi connectivity index (χ1v) is 7.37. The highest BCUT2D eigenvalue weighted by Crippen LogP contribution is 2.32. The van der Waals surface area contributed by atoms with Gasteiger partial charge in [-0.05, 0) is 42.0 Å². The number of carbonyl (C=O) groups excluding carboxylic acids is 2. The van der Waals surface area contributed by atoms with Crippen LogP contribution in [-0.4, -0.2) is 26.0 Å². The van der Waals surface area contributed by atoms with Crippen molar-refractivity contribution >= 4 is 29.7 Å². The molecule has 0 aromatic heterocycles. The molecule has 2 aromatic carbocycles. The maximum Gasteiger partial charge on any atom is 0.415 e. The average molecular weight is 332 g/mol. The number of ether oxygens (including phenoxy) is 2. The first-order chi connectivity index (χ1) is 11.1. The second-order valence-corrected chi connectivity index (χ2v) is 5.52. The van der Waals surface area contributed by atoms with Crippen LogP contribution in [0, 0.1) is 0 Å². The Morgan fingerprint density at radius 2 is 2.00 bits per heavy atom. The summed E-state index contributed by atoms with van der Waals surface area (Å²) in [5.41, 5.74) is 1.95. The Balaban J connectivity index is 1.84. The van der Waals surface area contributed by atoms with E-state index in [0.717, 1.165) is 17.5 Å². The predicted molar refractivity (Wildman–Crippen MR) is 86.4 cm³/mol. The van der Waals surface area contributed by atoms with Crippen LogP contribution in [0.1, 0.15) is 22.0 Å². The molecule has 23 heavy (non-hydrogen) atoms. The van der Waals surface area contributed by atoms with Crippen molar-refractivity contribution in [3.8, 4) is 5.75 Å². The molecule has 1 saturated heterocycles. The van der Waals surface area contributed by atoms with Gasteiger partial charge < -0.3 is 9.47 Å². The normalized spacial score (nSPS) is 17.0. The third kappa shape index (κ3) is 3.00. The molecule has 1 heterocycles. The minimum Gasteiger partial charge on any atom is -0.496 e. The van der Waals surface area contributed by atoms with Crippen molar-refractivity contribution in [3.63, 3.8) is 0 Å². The third-order valence-electron chi connectivity index (χ3n) is 3.71. The SMILES string of the molecule is COc1cc(C2CN(c3ccc(Cl)cc3)C(=O)O2)ccc1C=O. The number of cyclic esters (lactones) is 1. The summed E-state index contributed by atoms with van der Waals surface area (Å²) in [5.74, 6) is 0.457. The van der Waals surface area contributed by atoms with E-state index in [4.69, 9.17) is 21.1 Å². The second-order valence-electron chi connectivity index (χ2n) is 5.08. The summed E-state index contributed by atoms with van der Waals surface area (Å²) in [5, 5.41) is 0.604. The van der Waals surface area contributed by atoms with Gasteiger partial charge >= 0.3 is 6.09 Å². The lowest BCUT2D eigenvalue weighted by Gasteiger charge is -2.13. The smallest absolute Gasteiger partial charge is 0.415 e. The van der Waals surface area contributed by atoms with Crippen LogP contribution < -0.4 is 9.64 Å². The molecule has 0 bridgehead atoms. The maximum atomic E-state index is 12.1. The van der Waals surface area contributed by atoms with Crippen molar-refractivity contribution in [2.24, 2.45) is 0 Å². The monoisotopic (exact) mass is 331 g/mol. The molecule has 3 rings (SSSR count). The van der Waals surface area contributed by atoms with Gasteiger partial charge in [0, 0.05) is 10.7 Å². The number of amides is 1. The Morgan fingerprint density at radius 3 is 2.65 bits per heavy atom. The van der Waals surface area contributed by atoms with Crippen molar-refractivity contribution in [3.05, 3.63) is 58.6 Å². The van der Waals surface area contributed by atoms with E-state index >= 15 is 0 Å². The number of hydrogen-bond acceptors (Lipinski definition) is 4. The van der Waals surface area contributed by atoms with Gasteiger partial charge in [-0.2, -0.15) is 0 Å². The van der Waals surface area contributed by atoms with Gasteiger partial charge in [-0.25, -0.2) is 4.79 Å². The summed E-state index contributed by atoms with van der Waals surface area (Å²) in [6.45, 7) is 0.379. The Labute approximate surface area is 138 Å². The first-order valence-electron chi connectivity index (χ1n) is 6.99. The lowest BCUT2D eigenvalue weighted by atomic mass is 10.1. The van der Waals surface area contributed by atoms with Crippen molar-refractivity contribution in [1.29, 1.82) is 0 Å². The van der Waals surface area contributed by atoms with Gasteiger partial charge in [0.1, 0.15) is 11.9 Å². The molecule has 1 aliphatic rings. The molecule has 2 aromatic rings. The fraction of sp³-hybridized carbons (Fsp3) is 0.176. The van der Waals surface area contributed by atoms with Gasteiger partial charge in [0.05, 0.1) is 19.2 Å². The van der Waals surface area contributed by atoms with E-state index in [2.05, 4.69) is 0 Å². The first kappa shape index (κ1) is 15.4. The van der Waals surface area contributed by atoms with E-state index in [1.165, 1.54) is 7.11 Å². The van der Waals surface area contributed by atoms with Crippen LogP contribution in [0.3, 0.4) is 0 Å². The molecule has 1 aliphatic heterocycles. The maximum absolute atomic E-state index is 12.1. The molecule has 1 unspecified atom stereocenters. The summed E-state index contributed by atoms with van der Waals surface area (Å²) in [4.78, 5) is 24.6. The van der Waals surface area contributed by atoms with Crippen LogP contribution >= 0.6 is 11.6 Å². The number of hydrogen-bond donors (Lipinski definition) is 0. The fourth-order valence-corrected chi connectivity index (χ4v) is 2.62. The van der Waals surface area contributed by atoms with E-state index in [1.54, 1.807) is 47.4 Å². The van der Waals surface area contributed by atoms with E-state index in [1.807, 2.05) is 0 Å². The number of anilines is 1. The highest BCUT2D eigenvalue weighted by molar-refractivity contribution is 6.30. The number of carbonyl (C=O) groups is 2. The van der Waals surface area contributed by atoms with Crippen LogP contribution in [0.25, 0.3) is 0 Å². The standard InChI is InChI=1S/C17H14ClNO4/c1-22-15-8-11(2-3-12(15)10-20)16-9-19(17(21)23-16)14-6-4-13(18)5-7-14/h2-8,10,16H,9H2,1H3. The molecular formula is C17H14ClNO4. The summed E-state index contributed by atoms with van der Waals surface area (Å²) < 4.78 is 10.6. The molecule has 1 atom stereocenters. The summed E-state index contributed by atoms with van der Waals surface area (Å²) in [6.07, 6.45) is -0.118. The molecule has 0 aliphatic carbocycles. The summed E-state index contributed by atoms with van der Waals surface area (Å²) in [6, 6.07) is 12.1. The predicted octanol–water partition coefficient (Wildman–Crippen LogP) is 3.86. The van der Waals surface area contributed by atoms with Crippen LogP contribution in [0.15, 0.2) is 42.5 Å². The van der Waals surface area contributed by atoms with Crippen LogP contribution in [0.4, 0.5) is 10.5 Å². The van der Waals surface area contributed by atoms with Crippen LogP contribution in [0.5, 0.6) is 5.75 Å². The van der Waals surface area contributed by atoms with Gasteiger partial charge in [-0.3, -0.25) is 9.69 Å². The van der Waals surface area contributed by atoms with Gasteiger partial charge in [0.15, 0.2) is 6.29 Å². The summed E-state index contributed by atoms with van der Waals surface area (Å²) >= 11 is 5.86. The second kappa shape index (κ2) is 6.30. The van der Waals surface area contributed by atoms with Crippen molar-refractivity contribution in [2.75, 3.05) is 18.6 Å².